The number of rotatable bonds is 35. The number of quaternary nitrogens is 1. The number of unbranched alkanes of at least 4 members (excludes halogenated alkanes) is 21. The predicted octanol–water partition coefficient (Wildman–Crippen LogP) is 9.55. The highest BCUT2D eigenvalue weighted by atomic mass is 31.2. The molecule has 2 N–H and O–H groups in total. The smallest absolute Gasteiger partial charge is 0.268 e. The molecule has 0 fully saturated rings. The molecule has 284 valence electrons. The molecular formula is C39H77N2O6P. The molecule has 8 nitrogen and oxygen atoms in total. The van der Waals surface area contributed by atoms with E-state index in [0.717, 1.165) is 32.1 Å². The lowest BCUT2D eigenvalue weighted by Gasteiger charge is -2.29. The van der Waals surface area contributed by atoms with Crippen molar-refractivity contribution < 1.29 is 32.9 Å². The van der Waals surface area contributed by atoms with Gasteiger partial charge >= 0.3 is 0 Å². The van der Waals surface area contributed by atoms with E-state index in [1.54, 1.807) is 12.2 Å². The van der Waals surface area contributed by atoms with Gasteiger partial charge in [-0.3, -0.25) is 9.36 Å². The molecule has 1 unspecified atom stereocenters. The highest BCUT2D eigenvalue weighted by Crippen LogP contribution is 2.38. The van der Waals surface area contributed by atoms with Crippen molar-refractivity contribution in [2.45, 2.75) is 180 Å². The fraction of sp³-hybridized carbons (Fsp3) is 0.872. The average molecular weight is 701 g/mol. The van der Waals surface area contributed by atoms with E-state index in [9.17, 15) is 19.4 Å². The van der Waals surface area contributed by atoms with Gasteiger partial charge in [-0.15, -0.1) is 0 Å². The molecule has 0 aromatic heterocycles. The minimum atomic E-state index is -4.59. The fourth-order valence-corrected chi connectivity index (χ4v) is 6.23. The number of hydrogen-bond donors (Lipinski definition) is 2. The summed E-state index contributed by atoms with van der Waals surface area (Å²) in [6, 6.07) is -0.911. The van der Waals surface area contributed by atoms with Gasteiger partial charge in [0.2, 0.25) is 5.91 Å². The number of amides is 1. The van der Waals surface area contributed by atoms with Gasteiger partial charge in [0.05, 0.1) is 39.9 Å². The van der Waals surface area contributed by atoms with Crippen LogP contribution in [-0.2, 0) is 18.4 Å². The topological polar surface area (TPSA) is 108 Å². The molecule has 0 aromatic rings. The lowest BCUT2D eigenvalue weighted by molar-refractivity contribution is -0.870. The normalized spacial score (nSPS) is 14.9. The molecule has 0 aromatic carbocycles. The molecule has 0 aliphatic rings. The molecule has 0 bridgehead atoms. The van der Waals surface area contributed by atoms with E-state index in [0.29, 0.717) is 17.4 Å². The SMILES string of the molecule is CCCCCCCCC/C=C/C=C/[C@@H](O)[C@H](COP(=O)([O-])OCC[N+](C)(C)C)NC(=O)CCCCCCCCCCCCCCCCC. The summed E-state index contributed by atoms with van der Waals surface area (Å²) in [6.45, 7) is 4.57. The summed E-state index contributed by atoms with van der Waals surface area (Å²) >= 11 is 0. The molecule has 9 heteroatoms. The molecule has 0 spiro atoms. The van der Waals surface area contributed by atoms with Gasteiger partial charge in [-0.25, -0.2) is 0 Å². The minimum absolute atomic E-state index is 0.00745. The largest absolute Gasteiger partial charge is 0.756 e. The maximum atomic E-state index is 12.8. The van der Waals surface area contributed by atoms with Crippen molar-refractivity contribution in [2.24, 2.45) is 0 Å². The summed E-state index contributed by atoms with van der Waals surface area (Å²) in [5.74, 6) is -0.216. The number of phosphoric ester groups is 1. The van der Waals surface area contributed by atoms with Crippen LogP contribution in [0.1, 0.15) is 168 Å². The molecule has 48 heavy (non-hydrogen) atoms. The summed E-state index contributed by atoms with van der Waals surface area (Å²) < 4.78 is 23.0. The zero-order valence-electron chi connectivity index (χ0n) is 31.9. The first-order valence-corrected chi connectivity index (χ1v) is 21.2. The quantitative estimate of drug-likeness (QED) is 0.0295. The van der Waals surface area contributed by atoms with Crippen LogP contribution in [0, 0.1) is 0 Å². The van der Waals surface area contributed by atoms with Gasteiger partial charge in [-0.05, 0) is 19.3 Å². The summed E-state index contributed by atoms with van der Waals surface area (Å²) in [5, 5.41) is 13.6. The van der Waals surface area contributed by atoms with E-state index >= 15 is 0 Å². The van der Waals surface area contributed by atoms with Gasteiger partial charge in [0.15, 0.2) is 0 Å². The lowest BCUT2D eigenvalue weighted by Crippen LogP contribution is -2.45. The van der Waals surface area contributed by atoms with E-state index in [1.165, 1.54) is 116 Å². The van der Waals surface area contributed by atoms with Gasteiger partial charge in [-0.2, -0.15) is 0 Å². The second-order valence-electron chi connectivity index (χ2n) is 14.7. The Labute approximate surface area is 296 Å². The highest BCUT2D eigenvalue weighted by molar-refractivity contribution is 7.45. The molecule has 0 radical (unpaired) electrons. The second-order valence-corrected chi connectivity index (χ2v) is 16.1. The van der Waals surface area contributed by atoms with Crippen LogP contribution in [0.2, 0.25) is 0 Å². The van der Waals surface area contributed by atoms with Crippen molar-refractivity contribution >= 4 is 13.7 Å². The van der Waals surface area contributed by atoms with Crippen molar-refractivity contribution in [2.75, 3.05) is 40.9 Å². The number of allylic oxidation sites excluding steroid dienone is 3. The van der Waals surface area contributed by atoms with Crippen LogP contribution in [0.25, 0.3) is 0 Å². The predicted molar refractivity (Wildman–Crippen MR) is 201 cm³/mol. The van der Waals surface area contributed by atoms with E-state index in [2.05, 4.69) is 25.2 Å². The van der Waals surface area contributed by atoms with E-state index < -0.39 is 26.6 Å². The Kier molecular flexibility index (Phi) is 31.2. The average Bonchev–Trinajstić information content (AvgIpc) is 3.02. The Morgan fingerprint density at radius 3 is 1.67 bits per heavy atom. The van der Waals surface area contributed by atoms with Gasteiger partial charge in [0.1, 0.15) is 13.2 Å². The Bertz CT molecular complexity index is 845. The molecule has 0 aliphatic heterocycles. The summed E-state index contributed by atoms with van der Waals surface area (Å²) in [7, 11) is 1.24. The van der Waals surface area contributed by atoms with Crippen LogP contribution in [0.15, 0.2) is 24.3 Å². The number of nitrogens with zero attached hydrogens (tertiary/aromatic N) is 1. The zero-order valence-corrected chi connectivity index (χ0v) is 32.8. The third kappa shape index (κ3) is 33.5. The number of phosphoric acid groups is 1. The monoisotopic (exact) mass is 701 g/mol. The highest BCUT2D eigenvalue weighted by Gasteiger charge is 2.23. The summed E-state index contributed by atoms with van der Waals surface area (Å²) in [5.41, 5.74) is 0. The zero-order chi connectivity index (χ0) is 35.8. The lowest BCUT2D eigenvalue weighted by atomic mass is 10.0. The van der Waals surface area contributed by atoms with Crippen molar-refractivity contribution in [1.82, 2.24) is 5.32 Å². The first kappa shape index (κ1) is 47.0. The minimum Gasteiger partial charge on any atom is -0.756 e. The first-order valence-electron chi connectivity index (χ1n) is 19.7. The van der Waals surface area contributed by atoms with Crippen molar-refractivity contribution in [3.63, 3.8) is 0 Å². The Morgan fingerprint density at radius 2 is 1.19 bits per heavy atom. The van der Waals surface area contributed by atoms with Crippen molar-refractivity contribution in [3.05, 3.63) is 24.3 Å². The van der Waals surface area contributed by atoms with Gasteiger partial charge in [-0.1, -0.05) is 167 Å². The molecule has 0 aliphatic carbocycles. The number of carbonyl (C=O) groups is 1. The standard InChI is InChI=1S/C39H77N2O6P/c1-6-8-10-12-14-16-18-19-20-21-23-25-27-29-31-33-39(43)40-37(36-47-48(44,45)46-35-34-41(3,4)5)38(42)32-30-28-26-24-22-17-15-13-11-9-7-2/h26,28,30,32,37-38,42H,6-25,27,29,31,33-36H2,1-5H3,(H-,40,43,44,45)/b28-26+,32-30+/t37-,38+/m0/s1. The van der Waals surface area contributed by atoms with Gasteiger partial charge < -0.3 is 28.8 Å². The molecule has 1 amide bonds. The number of nitrogens with one attached hydrogen (secondary N) is 1. The van der Waals surface area contributed by atoms with Crippen LogP contribution in [0.4, 0.5) is 0 Å². The van der Waals surface area contributed by atoms with Crippen LogP contribution in [0.3, 0.4) is 0 Å². The van der Waals surface area contributed by atoms with Crippen molar-refractivity contribution in [3.8, 4) is 0 Å². The van der Waals surface area contributed by atoms with E-state index in [1.807, 2.05) is 27.2 Å². The number of hydrogen-bond acceptors (Lipinski definition) is 6. The number of aliphatic hydroxyl groups excluding tert-OH is 1. The Hall–Kier alpha value is -1.02. The maximum absolute atomic E-state index is 12.8. The van der Waals surface area contributed by atoms with Crippen LogP contribution < -0.4 is 10.2 Å². The van der Waals surface area contributed by atoms with Crippen LogP contribution in [0.5, 0.6) is 0 Å². The number of carbonyl (C=O) groups excluding carboxylic acids is 1. The van der Waals surface area contributed by atoms with Crippen LogP contribution >= 0.6 is 7.82 Å². The van der Waals surface area contributed by atoms with Crippen molar-refractivity contribution in [1.29, 1.82) is 0 Å². The Balaban J connectivity index is 4.52. The van der Waals surface area contributed by atoms with Crippen LogP contribution in [-0.4, -0.2) is 68.5 Å². The van der Waals surface area contributed by atoms with E-state index in [4.69, 9.17) is 9.05 Å². The third-order valence-corrected chi connectivity index (χ3v) is 9.68. The molecule has 0 heterocycles. The Morgan fingerprint density at radius 1 is 0.729 bits per heavy atom. The first-order chi connectivity index (χ1) is 23.0. The second kappa shape index (κ2) is 31.9. The maximum Gasteiger partial charge on any atom is 0.268 e. The summed E-state index contributed by atoms with van der Waals surface area (Å²) in [6.07, 6.45) is 35.1. The van der Waals surface area contributed by atoms with Gasteiger partial charge in [0, 0.05) is 6.42 Å². The number of likely N-dealkylation sites (N-methyl/N-ethyl adjacent to an activating group) is 1. The fourth-order valence-electron chi connectivity index (χ4n) is 5.50. The molecule has 0 saturated heterocycles. The number of aliphatic hydroxyl groups is 1. The molecule has 0 saturated carbocycles. The third-order valence-electron chi connectivity index (χ3n) is 8.72. The summed E-state index contributed by atoms with van der Waals surface area (Å²) in [4.78, 5) is 25.1. The van der Waals surface area contributed by atoms with Gasteiger partial charge in [0.25, 0.3) is 7.82 Å². The molecule has 0 rings (SSSR count). The molecular weight excluding hydrogens is 623 g/mol. The van der Waals surface area contributed by atoms with E-state index in [-0.39, 0.29) is 12.5 Å². The molecule has 3 atom stereocenters.